The highest BCUT2D eigenvalue weighted by atomic mass is 16.5. The van der Waals surface area contributed by atoms with Crippen LogP contribution in [0.5, 0.6) is 5.75 Å². The van der Waals surface area contributed by atoms with Gasteiger partial charge in [-0.3, -0.25) is 14.2 Å². The van der Waals surface area contributed by atoms with E-state index in [1.807, 2.05) is 74.0 Å². The van der Waals surface area contributed by atoms with E-state index in [4.69, 9.17) is 4.74 Å². The third-order valence-corrected chi connectivity index (χ3v) is 5.22. The molecule has 0 N–H and O–H groups in total. The molecule has 2 aromatic heterocycles. The third kappa shape index (κ3) is 2.62. The largest absolute Gasteiger partial charge is 0.497 e. The molecule has 4 aromatic rings. The van der Waals surface area contributed by atoms with E-state index < -0.39 is 0 Å². The minimum absolute atomic E-state index is 0.110. The van der Waals surface area contributed by atoms with E-state index in [1.165, 1.54) is 0 Å². The van der Waals surface area contributed by atoms with Gasteiger partial charge >= 0.3 is 0 Å². The Hall–Kier alpha value is -3.34. The van der Waals surface area contributed by atoms with Gasteiger partial charge in [-0.1, -0.05) is 32.0 Å². The number of pyridine rings is 2. The molecule has 0 saturated carbocycles. The lowest BCUT2D eigenvalue weighted by molar-refractivity contribution is 0.415. The zero-order valence-electron chi connectivity index (χ0n) is 16.4. The molecule has 142 valence electrons. The number of benzene rings is 2. The first-order valence-corrected chi connectivity index (χ1v) is 9.26. The van der Waals surface area contributed by atoms with Gasteiger partial charge in [-0.05, 0) is 42.3 Å². The molecule has 0 atom stereocenters. The summed E-state index contributed by atoms with van der Waals surface area (Å²) in [6, 6.07) is 16.8. The number of methoxy groups -OCH3 is 1. The Balaban J connectivity index is 2.24. The van der Waals surface area contributed by atoms with Gasteiger partial charge in [0.05, 0.1) is 23.5 Å². The Kier molecular flexibility index (Phi) is 4.30. The lowest BCUT2D eigenvalue weighted by Crippen LogP contribution is -2.28. The molecule has 0 aliphatic heterocycles. The van der Waals surface area contributed by atoms with Crippen LogP contribution in [0.4, 0.5) is 0 Å². The van der Waals surface area contributed by atoms with Gasteiger partial charge in [-0.2, -0.15) is 0 Å². The molecule has 28 heavy (non-hydrogen) atoms. The maximum atomic E-state index is 13.5. The highest BCUT2D eigenvalue weighted by Crippen LogP contribution is 2.25. The predicted octanol–water partition coefficient (Wildman–Crippen LogP) is 3.97. The molecule has 5 heteroatoms. The van der Waals surface area contributed by atoms with E-state index in [0.717, 1.165) is 16.9 Å². The van der Waals surface area contributed by atoms with Crippen molar-refractivity contribution in [3.8, 4) is 11.4 Å². The van der Waals surface area contributed by atoms with Crippen LogP contribution in [-0.4, -0.2) is 16.2 Å². The zero-order chi connectivity index (χ0) is 20.0. The summed E-state index contributed by atoms with van der Waals surface area (Å²) >= 11 is 0. The van der Waals surface area contributed by atoms with Crippen molar-refractivity contribution < 1.29 is 4.74 Å². The Morgan fingerprint density at radius 1 is 0.929 bits per heavy atom. The fraction of sp³-hybridized carbons (Fsp3) is 0.217. The lowest BCUT2D eigenvalue weighted by Gasteiger charge is -2.19. The smallest absolute Gasteiger partial charge is 0.268 e. The Morgan fingerprint density at radius 2 is 1.64 bits per heavy atom. The summed E-state index contributed by atoms with van der Waals surface area (Å²) in [6.45, 7) is 4.09. The standard InChI is InChI=1S/C23H22N2O3/c1-14(2)19-13-20-21(23(27)25(19)15-8-6-5-7-9-15)22(26)17-12-16(28-4)10-11-18(17)24(20)3/h5-14H,1-4H3. The van der Waals surface area contributed by atoms with Gasteiger partial charge in [0.1, 0.15) is 11.1 Å². The quantitative estimate of drug-likeness (QED) is 0.510. The fourth-order valence-electron chi connectivity index (χ4n) is 3.74. The van der Waals surface area contributed by atoms with Crippen LogP contribution < -0.4 is 15.7 Å². The van der Waals surface area contributed by atoms with Gasteiger partial charge in [-0.15, -0.1) is 0 Å². The molecule has 0 aliphatic rings. The maximum absolute atomic E-state index is 13.5. The average Bonchev–Trinajstić information content (AvgIpc) is 2.71. The van der Waals surface area contributed by atoms with Gasteiger partial charge in [-0.25, -0.2) is 0 Å². The fourth-order valence-corrected chi connectivity index (χ4v) is 3.74. The number of para-hydroxylation sites is 1. The second-order valence-electron chi connectivity index (χ2n) is 7.23. The molecule has 0 fully saturated rings. The van der Waals surface area contributed by atoms with Crippen molar-refractivity contribution in [2.75, 3.05) is 7.11 Å². The molecule has 0 radical (unpaired) electrons. The lowest BCUT2D eigenvalue weighted by atomic mass is 10.0. The average molecular weight is 374 g/mol. The number of ether oxygens (including phenoxy) is 1. The van der Waals surface area contributed by atoms with Crippen molar-refractivity contribution in [1.29, 1.82) is 0 Å². The van der Waals surface area contributed by atoms with E-state index in [9.17, 15) is 9.59 Å². The minimum atomic E-state index is -0.294. The molecule has 4 rings (SSSR count). The molecule has 0 bridgehead atoms. The molecule has 0 spiro atoms. The van der Waals surface area contributed by atoms with Gasteiger partial charge in [0.2, 0.25) is 5.43 Å². The van der Waals surface area contributed by atoms with Crippen molar-refractivity contribution in [3.05, 3.63) is 80.9 Å². The Bertz CT molecular complexity index is 1320. The summed E-state index contributed by atoms with van der Waals surface area (Å²) in [7, 11) is 3.44. The molecule has 2 aromatic carbocycles. The molecular weight excluding hydrogens is 352 g/mol. The van der Waals surface area contributed by atoms with Crippen molar-refractivity contribution in [3.63, 3.8) is 0 Å². The number of nitrogens with zero attached hydrogens (tertiary/aromatic N) is 2. The molecule has 0 aliphatic carbocycles. The highest BCUT2D eigenvalue weighted by Gasteiger charge is 2.19. The predicted molar refractivity (Wildman–Crippen MR) is 113 cm³/mol. The van der Waals surface area contributed by atoms with Crippen LogP contribution >= 0.6 is 0 Å². The summed E-state index contributed by atoms with van der Waals surface area (Å²) in [4.78, 5) is 26.9. The van der Waals surface area contributed by atoms with Crippen LogP contribution in [0, 0.1) is 0 Å². The molecule has 0 saturated heterocycles. The van der Waals surface area contributed by atoms with Crippen LogP contribution in [0.3, 0.4) is 0 Å². The van der Waals surface area contributed by atoms with Crippen molar-refractivity contribution in [1.82, 2.24) is 9.13 Å². The molecule has 0 unspecified atom stereocenters. The van der Waals surface area contributed by atoms with Crippen molar-refractivity contribution >= 4 is 21.8 Å². The summed E-state index contributed by atoms with van der Waals surface area (Å²) in [5.41, 5.74) is 2.47. The highest BCUT2D eigenvalue weighted by molar-refractivity contribution is 5.94. The van der Waals surface area contributed by atoms with E-state index in [0.29, 0.717) is 16.7 Å². The topological polar surface area (TPSA) is 53.2 Å². The number of aryl methyl sites for hydroxylation is 1. The summed E-state index contributed by atoms with van der Waals surface area (Å²) in [6.07, 6.45) is 0. The van der Waals surface area contributed by atoms with Crippen LogP contribution in [0.25, 0.3) is 27.5 Å². The van der Waals surface area contributed by atoms with Crippen LogP contribution in [0.15, 0.2) is 64.2 Å². The molecule has 0 amide bonds. The Labute approximate surface area is 162 Å². The van der Waals surface area contributed by atoms with Crippen molar-refractivity contribution in [2.24, 2.45) is 7.05 Å². The summed E-state index contributed by atoms with van der Waals surface area (Å²) in [5, 5.41) is 0.667. The van der Waals surface area contributed by atoms with E-state index in [2.05, 4.69) is 0 Å². The minimum Gasteiger partial charge on any atom is -0.497 e. The van der Waals surface area contributed by atoms with Crippen LogP contribution in [0.1, 0.15) is 25.5 Å². The SMILES string of the molecule is COc1ccc2c(c1)c(=O)c1c(=O)n(-c3ccccc3)c(C(C)C)cc1n2C. The number of fused-ring (bicyclic) bond motifs is 2. The summed E-state index contributed by atoms with van der Waals surface area (Å²) < 4.78 is 8.84. The summed E-state index contributed by atoms with van der Waals surface area (Å²) in [5.74, 6) is 0.699. The van der Waals surface area contributed by atoms with Crippen molar-refractivity contribution in [2.45, 2.75) is 19.8 Å². The van der Waals surface area contributed by atoms with Gasteiger partial charge in [0.25, 0.3) is 5.56 Å². The van der Waals surface area contributed by atoms with E-state index >= 15 is 0 Å². The van der Waals surface area contributed by atoms with Crippen LogP contribution in [0.2, 0.25) is 0 Å². The molecule has 2 heterocycles. The van der Waals surface area contributed by atoms with Gasteiger partial charge in [0, 0.05) is 18.4 Å². The first-order valence-electron chi connectivity index (χ1n) is 9.26. The van der Waals surface area contributed by atoms with Gasteiger partial charge < -0.3 is 9.30 Å². The first kappa shape index (κ1) is 18.0. The van der Waals surface area contributed by atoms with E-state index in [-0.39, 0.29) is 22.3 Å². The number of rotatable bonds is 3. The monoisotopic (exact) mass is 374 g/mol. The zero-order valence-corrected chi connectivity index (χ0v) is 16.4. The second-order valence-corrected chi connectivity index (χ2v) is 7.23. The maximum Gasteiger partial charge on any atom is 0.268 e. The molecule has 5 nitrogen and oxygen atoms in total. The van der Waals surface area contributed by atoms with E-state index in [1.54, 1.807) is 17.7 Å². The second kappa shape index (κ2) is 6.68. The van der Waals surface area contributed by atoms with Crippen LogP contribution in [-0.2, 0) is 7.05 Å². The van der Waals surface area contributed by atoms with Gasteiger partial charge in [0.15, 0.2) is 0 Å². The Morgan fingerprint density at radius 3 is 2.29 bits per heavy atom. The third-order valence-electron chi connectivity index (χ3n) is 5.22. The normalized spacial score (nSPS) is 11.5. The first-order chi connectivity index (χ1) is 13.4. The number of hydrogen-bond donors (Lipinski definition) is 0. The number of aromatic nitrogens is 2. The number of hydrogen-bond acceptors (Lipinski definition) is 3. The molecular formula is C23H22N2O3.